The first-order valence-electron chi connectivity index (χ1n) is 6.02. The summed E-state index contributed by atoms with van der Waals surface area (Å²) in [7, 11) is -3.61. The molecule has 0 saturated carbocycles. The molecule has 1 amide bonds. The van der Waals surface area contributed by atoms with Crippen molar-refractivity contribution in [1.29, 1.82) is 0 Å². The molecule has 2 rings (SSSR count). The van der Waals surface area contributed by atoms with Crippen molar-refractivity contribution in [3.63, 3.8) is 0 Å². The van der Waals surface area contributed by atoms with Crippen molar-refractivity contribution in [2.24, 2.45) is 0 Å². The molecule has 1 aromatic heterocycles. The van der Waals surface area contributed by atoms with Crippen LogP contribution >= 0.6 is 11.6 Å². The van der Waals surface area contributed by atoms with E-state index >= 15 is 0 Å². The predicted octanol–water partition coefficient (Wildman–Crippen LogP) is 2.40. The summed E-state index contributed by atoms with van der Waals surface area (Å²) in [6.07, 6.45) is 0.920. The molecule has 0 fully saturated rings. The van der Waals surface area contributed by atoms with Crippen LogP contribution in [0.25, 0.3) is 11.3 Å². The van der Waals surface area contributed by atoms with Gasteiger partial charge in [0.25, 0.3) is 5.91 Å². The molecule has 0 aliphatic rings. The molecule has 0 saturated heterocycles. The molecule has 0 aliphatic heterocycles. The van der Waals surface area contributed by atoms with Gasteiger partial charge in [-0.05, 0) is 37.3 Å². The molecule has 1 aromatic carbocycles. The lowest BCUT2D eigenvalue weighted by atomic mass is 10.1. The molecular formula is C14H13ClN2O3S. The van der Waals surface area contributed by atoms with Gasteiger partial charge in [-0.1, -0.05) is 17.7 Å². The molecule has 7 heteroatoms. The lowest BCUT2D eigenvalue weighted by Gasteiger charge is -2.08. The summed E-state index contributed by atoms with van der Waals surface area (Å²) < 4.78 is 24.1. The maximum absolute atomic E-state index is 11.9. The number of aryl methyl sites for hydroxylation is 1. The van der Waals surface area contributed by atoms with Gasteiger partial charge in [-0.25, -0.2) is 13.1 Å². The summed E-state index contributed by atoms with van der Waals surface area (Å²) in [4.78, 5) is 16.2. The second-order valence-electron chi connectivity index (χ2n) is 4.56. The highest BCUT2D eigenvalue weighted by Gasteiger charge is 2.14. The second kappa shape index (κ2) is 5.83. The van der Waals surface area contributed by atoms with Crippen LogP contribution in [0.3, 0.4) is 0 Å². The van der Waals surface area contributed by atoms with Gasteiger partial charge in [0, 0.05) is 16.8 Å². The van der Waals surface area contributed by atoms with Gasteiger partial charge in [0.05, 0.1) is 17.0 Å². The quantitative estimate of drug-likeness (QED) is 0.940. The van der Waals surface area contributed by atoms with Crippen molar-refractivity contribution in [1.82, 2.24) is 9.71 Å². The summed E-state index contributed by atoms with van der Waals surface area (Å²) in [5, 5.41) is 0.434. The van der Waals surface area contributed by atoms with Gasteiger partial charge in [-0.3, -0.25) is 9.78 Å². The van der Waals surface area contributed by atoms with Gasteiger partial charge < -0.3 is 0 Å². The van der Waals surface area contributed by atoms with Gasteiger partial charge in [-0.2, -0.15) is 0 Å². The number of sulfonamides is 1. The fraction of sp³-hybridized carbons (Fsp3) is 0.143. The predicted molar refractivity (Wildman–Crippen MR) is 81.7 cm³/mol. The molecule has 0 bridgehead atoms. The molecule has 21 heavy (non-hydrogen) atoms. The van der Waals surface area contributed by atoms with Gasteiger partial charge in [0.2, 0.25) is 10.0 Å². The molecular weight excluding hydrogens is 312 g/mol. The minimum Gasteiger partial charge on any atom is -0.268 e. The zero-order valence-electron chi connectivity index (χ0n) is 11.4. The molecule has 0 unspecified atom stereocenters. The fourth-order valence-corrected chi connectivity index (χ4v) is 2.45. The summed E-state index contributed by atoms with van der Waals surface area (Å²) in [5.41, 5.74) is 2.20. The van der Waals surface area contributed by atoms with Crippen LogP contribution in [0.2, 0.25) is 5.02 Å². The molecule has 1 heterocycles. The summed E-state index contributed by atoms with van der Waals surface area (Å²) in [6.45, 7) is 1.84. The van der Waals surface area contributed by atoms with Crippen LogP contribution in [0.4, 0.5) is 0 Å². The Morgan fingerprint density at radius 1 is 1.24 bits per heavy atom. The fourth-order valence-electron chi connectivity index (χ4n) is 1.78. The number of benzene rings is 1. The van der Waals surface area contributed by atoms with Crippen LogP contribution in [0.5, 0.6) is 0 Å². The Morgan fingerprint density at radius 2 is 1.95 bits per heavy atom. The van der Waals surface area contributed by atoms with E-state index in [9.17, 15) is 13.2 Å². The number of hydrogen-bond acceptors (Lipinski definition) is 4. The zero-order chi connectivity index (χ0) is 15.6. The number of halogens is 1. The lowest BCUT2D eigenvalue weighted by Crippen LogP contribution is -2.29. The molecule has 110 valence electrons. The first kappa shape index (κ1) is 15.5. The molecule has 0 aliphatic carbocycles. The first-order valence-corrected chi connectivity index (χ1v) is 8.29. The zero-order valence-corrected chi connectivity index (χ0v) is 13.0. The van der Waals surface area contributed by atoms with Crippen molar-refractivity contribution < 1.29 is 13.2 Å². The normalized spacial score (nSPS) is 11.2. The van der Waals surface area contributed by atoms with Crippen LogP contribution < -0.4 is 4.72 Å². The highest BCUT2D eigenvalue weighted by Crippen LogP contribution is 2.27. The molecule has 0 radical (unpaired) electrons. The Kier molecular flexibility index (Phi) is 4.29. The minimum atomic E-state index is -3.61. The van der Waals surface area contributed by atoms with Gasteiger partial charge in [-0.15, -0.1) is 0 Å². The number of hydrogen-bond donors (Lipinski definition) is 1. The van der Waals surface area contributed by atoms with Crippen molar-refractivity contribution in [3.8, 4) is 11.3 Å². The monoisotopic (exact) mass is 324 g/mol. The highest BCUT2D eigenvalue weighted by atomic mass is 35.5. The number of amides is 1. The summed E-state index contributed by atoms with van der Waals surface area (Å²) >= 11 is 6.13. The third-order valence-electron chi connectivity index (χ3n) is 2.67. The average molecular weight is 325 g/mol. The number of aromatic nitrogens is 1. The average Bonchev–Trinajstić information content (AvgIpc) is 2.37. The molecule has 5 nitrogen and oxygen atoms in total. The van der Waals surface area contributed by atoms with E-state index < -0.39 is 15.9 Å². The summed E-state index contributed by atoms with van der Waals surface area (Å²) in [6, 6.07) is 9.96. The standard InChI is InChI=1S/C14H13ClN2O3S/c1-9-4-3-5-13(16-9)11-8-10(6-7-12(11)15)14(18)17-21(2,19)20/h3-8H,1-2H3,(H,17,18). The van der Waals surface area contributed by atoms with E-state index in [0.717, 1.165) is 11.9 Å². The van der Waals surface area contributed by atoms with E-state index in [2.05, 4.69) is 4.98 Å². The third-order valence-corrected chi connectivity index (χ3v) is 3.56. The third kappa shape index (κ3) is 4.03. The van der Waals surface area contributed by atoms with Gasteiger partial charge >= 0.3 is 0 Å². The smallest absolute Gasteiger partial charge is 0.264 e. The Labute approximate surface area is 128 Å². The second-order valence-corrected chi connectivity index (χ2v) is 6.72. The van der Waals surface area contributed by atoms with Crippen molar-refractivity contribution in [3.05, 3.63) is 52.7 Å². The van der Waals surface area contributed by atoms with Crippen LogP contribution in [0.1, 0.15) is 16.1 Å². The van der Waals surface area contributed by atoms with Crippen molar-refractivity contribution in [2.75, 3.05) is 6.26 Å². The number of rotatable bonds is 3. The van der Waals surface area contributed by atoms with Crippen molar-refractivity contribution in [2.45, 2.75) is 6.92 Å². The molecule has 2 aromatic rings. The minimum absolute atomic E-state index is 0.197. The maximum Gasteiger partial charge on any atom is 0.264 e. The number of nitrogens with zero attached hydrogens (tertiary/aromatic N) is 1. The highest BCUT2D eigenvalue weighted by molar-refractivity contribution is 7.89. The summed E-state index contributed by atoms with van der Waals surface area (Å²) in [5.74, 6) is -0.705. The van der Waals surface area contributed by atoms with Crippen molar-refractivity contribution >= 4 is 27.5 Å². The molecule has 0 atom stereocenters. The van der Waals surface area contributed by atoms with E-state index in [1.165, 1.54) is 18.2 Å². The number of pyridine rings is 1. The van der Waals surface area contributed by atoms with Crippen LogP contribution in [0.15, 0.2) is 36.4 Å². The Bertz CT molecular complexity index is 804. The van der Waals surface area contributed by atoms with Crippen LogP contribution in [0, 0.1) is 6.92 Å². The largest absolute Gasteiger partial charge is 0.268 e. The van der Waals surface area contributed by atoms with Gasteiger partial charge in [0.15, 0.2) is 0 Å². The topological polar surface area (TPSA) is 76.1 Å². The Balaban J connectivity index is 2.45. The molecule has 0 spiro atoms. The van der Waals surface area contributed by atoms with E-state index in [0.29, 0.717) is 16.3 Å². The van der Waals surface area contributed by atoms with Gasteiger partial charge in [0.1, 0.15) is 0 Å². The first-order chi connectivity index (χ1) is 9.76. The Hall–Kier alpha value is -1.92. The van der Waals surface area contributed by atoms with E-state index in [4.69, 9.17) is 11.6 Å². The van der Waals surface area contributed by atoms with E-state index in [-0.39, 0.29) is 5.56 Å². The lowest BCUT2D eigenvalue weighted by molar-refractivity contribution is 0.0981. The molecule has 1 N–H and O–H groups in total. The maximum atomic E-state index is 11.9. The number of nitrogens with one attached hydrogen (secondary N) is 1. The SMILES string of the molecule is Cc1cccc(-c2cc(C(=O)NS(C)(=O)=O)ccc2Cl)n1. The van der Waals surface area contributed by atoms with E-state index in [1.807, 2.05) is 23.8 Å². The van der Waals surface area contributed by atoms with E-state index in [1.54, 1.807) is 6.07 Å². The number of carbonyl (C=O) groups is 1. The Morgan fingerprint density at radius 3 is 2.57 bits per heavy atom. The number of carbonyl (C=O) groups excluding carboxylic acids is 1. The van der Waals surface area contributed by atoms with Crippen LogP contribution in [-0.2, 0) is 10.0 Å². The van der Waals surface area contributed by atoms with Crippen LogP contribution in [-0.4, -0.2) is 25.6 Å².